The van der Waals surface area contributed by atoms with Crippen molar-refractivity contribution < 1.29 is 4.42 Å². The van der Waals surface area contributed by atoms with Crippen LogP contribution in [0.2, 0.25) is 13.1 Å². The molecule has 0 spiro atoms. The number of hydrogen-bond acceptors (Lipinski definition) is 3. The predicted octanol–water partition coefficient (Wildman–Crippen LogP) is 13.0. The van der Waals surface area contributed by atoms with Crippen LogP contribution in [0.4, 0.5) is 17.1 Å². The van der Waals surface area contributed by atoms with Gasteiger partial charge in [0.1, 0.15) is 19.2 Å². The first kappa shape index (κ1) is 29.8. The van der Waals surface area contributed by atoms with Crippen LogP contribution in [0.3, 0.4) is 0 Å². The minimum absolute atomic E-state index is 0.949. The molecule has 0 bridgehead atoms. The Labute approximate surface area is 306 Å². The summed E-state index contributed by atoms with van der Waals surface area (Å²) in [6.07, 6.45) is 0. The molecule has 2 nitrogen and oxygen atoms in total. The van der Waals surface area contributed by atoms with Gasteiger partial charge in [-0.05, 0) is 86.4 Å². The molecular weight excluding hydrogens is 667 g/mol. The molecule has 0 unspecified atom stereocenters. The van der Waals surface area contributed by atoms with Crippen molar-refractivity contribution in [1.82, 2.24) is 0 Å². The number of benzene rings is 8. The summed E-state index contributed by atoms with van der Waals surface area (Å²) < 4.78 is 9.24. The van der Waals surface area contributed by atoms with Crippen molar-refractivity contribution in [3.05, 3.63) is 164 Å². The molecule has 8 aromatic carbocycles. The minimum Gasteiger partial charge on any atom is -0.455 e. The predicted molar refractivity (Wildman–Crippen MR) is 226 cm³/mol. The number of fused-ring (bicyclic) bond motifs is 11. The molecule has 0 fully saturated rings. The molecule has 0 amide bonds. The number of anilines is 3. The Balaban J connectivity index is 1.13. The lowest BCUT2D eigenvalue weighted by Crippen LogP contribution is -2.49. The summed E-state index contributed by atoms with van der Waals surface area (Å²) in [4.78, 5) is 2.49. The molecule has 10 aromatic rings. The van der Waals surface area contributed by atoms with Crippen LogP contribution in [0.1, 0.15) is 0 Å². The molecule has 1 aliphatic heterocycles. The standard InChI is InChI=1S/C48H33NOSSi/c1-52(2)44-28-27-37-36-14-5-7-18-41(36)50-48(37)47(44)39-26-25-33(29-45(39)52)49(40-17-10-20-43-46(40)38-15-6-8-19-42(38)51-43)32-23-21-31(22-24-32)35-16-9-12-30-11-3-4-13-34(30)35/h3-29H,1-2H3. The smallest absolute Gasteiger partial charge is 0.143 e. The van der Waals surface area contributed by atoms with Crippen molar-refractivity contribution in [2.24, 2.45) is 0 Å². The number of rotatable bonds is 4. The van der Waals surface area contributed by atoms with Crippen LogP contribution in [0.15, 0.2) is 168 Å². The van der Waals surface area contributed by atoms with E-state index < -0.39 is 8.07 Å². The lowest BCUT2D eigenvalue weighted by molar-refractivity contribution is 0.670. The molecule has 246 valence electrons. The molecule has 0 saturated heterocycles. The summed E-state index contributed by atoms with van der Waals surface area (Å²) in [7, 11) is -2.07. The van der Waals surface area contributed by atoms with Gasteiger partial charge in [-0.15, -0.1) is 11.3 Å². The lowest BCUT2D eigenvalue weighted by atomic mass is 9.98. The first-order valence-corrected chi connectivity index (χ1v) is 21.7. The van der Waals surface area contributed by atoms with Gasteiger partial charge in [0.15, 0.2) is 0 Å². The van der Waals surface area contributed by atoms with E-state index in [0.717, 1.165) is 16.9 Å². The fourth-order valence-corrected chi connectivity index (χ4v) is 12.9. The molecular formula is C48H33NOSSi. The fourth-order valence-electron chi connectivity index (χ4n) is 8.77. The van der Waals surface area contributed by atoms with E-state index in [4.69, 9.17) is 4.42 Å². The van der Waals surface area contributed by atoms with Crippen LogP contribution < -0.4 is 15.3 Å². The minimum atomic E-state index is -2.07. The highest BCUT2D eigenvalue weighted by atomic mass is 32.1. The van der Waals surface area contributed by atoms with Gasteiger partial charge in [0.05, 0.1) is 5.69 Å². The van der Waals surface area contributed by atoms with Gasteiger partial charge in [0, 0.05) is 47.9 Å². The Morgan fingerprint density at radius 2 is 1.23 bits per heavy atom. The third-order valence-electron chi connectivity index (χ3n) is 11.3. The third kappa shape index (κ3) is 4.22. The Bertz CT molecular complexity index is 3050. The highest BCUT2D eigenvalue weighted by molar-refractivity contribution is 7.26. The summed E-state index contributed by atoms with van der Waals surface area (Å²) >= 11 is 1.87. The number of nitrogens with zero attached hydrogens (tertiary/aromatic N) is 1. The van der Waals surface area contributed by atoms with Crippen LogP contribution >= 0.6 is 11.3 Å². The van der Waals surface area contributed by atoms with Gasteiger partial charge < -0.3 is 9.32 Å². The van der Waals surface area contributed by atoms with Crippen LogP contribution in [-0.2, 0) is 0 Å². The average molecular weight is 700 g/mol. The van der Waals surface area contributed by atoms with E-state index in [1.807, 2.05) is 11.3 Å². The zero-order chi connectivity index (χ0) is 34.6. The first-order chi connectivity index (χ1) is 25.5. The second-order valence-corrected chi connectivity index (χ2v) is 19.9. The number of hydrogen-bond donors (Lipinski definition) is 0. The van der Waals surface area contributed by atoms with Crippen LogP contribution in [0.25, 0.3) is 75.1 Å². The number of furan rings is 1. The largest absolute Gasteiger partial charge is 0.455 e. The van der Waals surface area contributed by atoms with Gasteiger partial charge in [-0.1, -0.05) is 128 Å². The Hall–Kier alpha value is -5.94. The molecule has 0 atom stereocenters. The van der Waals surface area contributed by atoms with Crippen molar-refractivity contribution in [2.45, 2.75) is 13.1 Å². The van der Waals surface area contributed by atoms with Crippen molar-refractivity contribution in [3.8, 4) is 22.3 Å². The number of para-hydroxylation sites is 1. The first-order valence-electron chi connectivity index (χ1n) is 17.9. The Morgan fingerprint density at radius 1 is 0.519 bits per heavy atom. The molecule has 11 rings (SSSR count). The molecule has 2 aromatic heterocycles. The van der Waals surface area contributed by atoms with Crippen molar-refractivity contribution >= 4 is 99.7 Å². The van der Waals surface area contributed by atoms with Gasteiger partial charge in [-0.25, -0.2) is 0 Å². The lowest BCUT2D eigenvalue weighted by Gasteiger charge is -2.28. The quantitative estimate of drug-likeness (QED) is 0.170. The Morgan fingerprint density at radius 3 is 2.12 bits per heavy atom. The van der Waals surface area contributed by atoms with E-state index >= 15 is 0 Å². The highest BCUT2D eigenvalue weighted by Crippen LogP contribution is 2.46. The maximum absolute atomic E-state index is 6.63. The molecule has 0 saturated carbocycles. The van der Waals surface area contributed by atoms with Gasteiger partial charge in [0.2, 0.25) is 0 Å². The molecule has 0 aliphatic carbocycles. The maximum atomic E-state index is 6.63. The summed E-state index contributed by atoms with van der Waals surface area (Å²) in [6.45, 7) is 4.98. The molecule has 1 aliphatic rings. The van der Waals surface area contributed by atoms with Crippen LogP contribution in [0.5, 0.6) is 0 Å². The SMILES string of the molecule is C[Si]1(C)c2cc(N(c3ccc(-c4cccc5ccccc45)cc3)c3cccc4sc5ccccc5c34)ccc2-c2c1ccc1c2oc2ccccc21. The fraction of sp³-hybridized carbons (Fsp3) is 0.0417. The summed E-state index contributed by atoms with van der Waals surface area (Å²) in [5.74, 6) is 0. The molecule has 0 radical (unpaired) electrons. The summed E-state index contributed by atoms with van der Waals surface area (Å²) in [5.41, 5.74) is 10.5. The third-order valence-corrected chi connectivity index (χ3v) is 15.9. The zero-order valence-corrected chi connectivity index (χ0v) is 30.7. The van der Waals surface area contributed by atoms with Gasteiger partial charge in [-0.3, -0.25) is 0 Å². The van der Waals surface area contributed by atoms with Crippen LogP contribution in [-0.4, -0.2) is 8.07 Å². The van der Waals surface area contributed by atoms with Crippen molar-refractivity contribution in [2.75, 3.05) is 4.90 Å². The van der Waals surface area contributed by atoms with E-state index in [9.17, 15) is 0 Å². The second-order valence-electron chi connectivity index (χ2n) is 14.5. The van der Waals surface area contributed by atoms with Gasteiger partial charge in [0.25, 0.3) is 0 Å². The highest BCUT2D eigenvalue weighted by Gasteiger charge is 2.40. The second kappa shape index (κ2) is 11.0. The average Bonchev–Trinajstić information content (AvgIpc) is 3.83. The topological polar surface area (TPSA) is 16.4 Å². The monoisotopic (exact) mass is 699 g/mol. The number of thiophene rings is 1. The van der Waals surface area contributed by atoms with E-state index in [2.05, 4.69) is 182 Å². The zero-order valence-electron chi connectivity index (χ0n) is 28.9. The Kier molecular flexibility index (Phi) is 6.31. The summed E-state index contributed by atoms with van der Waals surface area (Å²) in [6, 6.07) is 60.3. The summed E-state index contributed by atoms with van der Waals surface area (Å²) in [5, 5.41) is 10.4. The molecule has 3 heterocycles. The van der Waals surface area contributed by atoms with E-state index in [1.165, 1.54) is 85.7 Å². The van der Waals surface area contributed by atoms with E-state index in [-0.39, 0.29) is 0 Å². The molecule has 52 heavy (non-hydrogen) atoms. The molecule has 0 N–H and O–H groups in total. The van der Waals surface area contributed by atoms with Gasteiger partial charge in [-0.2, -0.15) is 0 Å². The van der Waals surface area contributed by atoms with Crippen molar-refractivity contribution in [1.29, 1.82) is 0 Å². The maximum Gasteiger partial charge on any atom is 0.143 e. The van der Waals surface area contributed by atoms with Crippen LogP contribution in [0, 0.1) is 0 Å². The van der Waals surface area contributed by atoms with E-state index in [1.54, 1.807) is 0 Å². The van der Waals surface area contributed by atoms with Gasteiger partial charge >= 0.3 is 0 Å². The molecule has 4 heteroatoms. The normalized spacial score (nSPS) is 13.3. The van der Waals surface area contributed by atoms with Crippen molar-refractivity contribution in [3.63, 3.8) is 0 Å². The van der Waals surface area contributed by atoms with E-state index in [0.29, 0.717) is 0 Å².